The summed E-state index contributed by atoms with van der Waals surface area (Å²) in [6.45, 7) is 4.51. The van der Waals surface area contributed by atoms with E-state index >= 15 is 0 Å². The monoisotopic (exact) mass is 490 g/mol. The van der Waals surface area contributed by atoms with Crippen LogP contribution in [0.1, 0.15) is 46.5 Å². The van der Waals surface area contributed by atoms with E-state index in [9.17, 15) is 0 Å². The fourth-order valence-electron chi connectivity index (χ4n) is 6.70. The lowest BCUT2D eigenvalue weighted by molar-refractivity contribution is 0.212. The first-order valence-corrected chi connectivity index (χ1v) is 13.3. The van der Waals surface area contributed by atoms with Gasteiger partial charge in [-0.25, -0.2) is 0 Å². The fourth-order valence-corrected chi connectivity index (χ4v) is 6.70. The van der Waals surface area contributed by atoms with Crippen LogP contribution in [-0.2, 0) is 5.54 Å². The number of aryl methyl sites for hydroxylation is 1. The van der Waals surface area contributed by atoms with Crippen LogP contribution in [0, 0.1) is 6.92 Å². The Kier molecular flexibility index (Phi) is 5.23. The summed E-state index contributed by atoms with van der Waals surface area (Å²) in [6, 6.07) is 50.8. The Morgan fingerprint density at radius 1 is 0.553 bits per heavy atom. The molecule has 2 aliphatic rings. The number of hydrogen-bond acceptors (Lipinski definition) is 2. The Hall–Kier alpha value is -4.56. The molecule has 0 amide bonds. The van der Waals surface area contributed by atoms with Gasteiger partial charge in [0, 0.05) is 16.9 Å². The number of fused-ring (bicyclic) bond motifs is 3. The van der Waals surface area contributed by atoms with Gasteiger partial charge in [-0.15, -0.1) is 0 Å². The van der Waals surface area contributed by atoms with Gasteiger partial charge in [0.25, 0.3) is 0 Å². The van der Waals surface area contributed by atoms with Gasteiger partial charge in [-0.05, 0) is 47.7 Å². The molecule has 1 unspecified atom stereocenters. The van der Waals surface area contributed by atoms with E-state index in [2.05, 4.69) is 163 Å². The topological polar surface area (TPSA) is 6.48 Å². The van der Waals surface area contributed by atoms with E-state index in [1.807, 2.05) is 0 Å². The van der Waals surface area contributed by atoms with Gasteiger partial charge in [0.2, 0.25) is 0 Å². The lowest BCUT2D eigenvalue weighted by atomic mass is 9.76. The molecule has 7 rings (SSSR count). The average molecular weight is 491 g/mol. The first kappa shape index (κ1) is 22.6. The van der Waals surface area contributed by atoms with Gasteiger partial charge in [-0.2, -0.15) is 0 Å². The second-order valence-electron chi connectivity index (χ2n) is 10.2. The zero-order chi connectivity index (χ0) is 25.7. The zero-order valence-electron chi connectivity index (χ0n) is 21.8. The van der Waals surface area contributed by atoms with Crippen LogP contribution in [0.25, 0.3) is 5.70 Å². The predicted molar refractivity (Wildman–Crippen MR) is 156 cm³/mol. The van der Waals surface area contributed by atoms with Gasteiger partial charge in [0.1, 0.15) is 11.7 Å². The van der Waals surface area contributed by atoms with Crippen LogP contribution in [0.3, 0.4) is 0 Å². The van der Waals surface area contributed by atoms with E-state index in [0.717, 1.165) is 0 Å². The fraction of sp³-hybridized carbons (Fsp3) is 0.111. The van der Waals surface area contributed by atoms with E-state index < -0.39 is 5.54 Å². The van der Waals surface area contributed by atoms with Crippen molar-refractivity contribution in [2.75, 3.05) is 4.90 Å². The van der Waals surface area contributed by atoms with Crippen LogP contribution in [0.5, 0.6) is 0 Å². The predicted octanol–water partition coefficient (Wildman–Crippen LogP) is 8.51. The maximum absolute atomic E-state index is 2.69. The molecule has 0 aromatic heterocycles. The Bertz CT molecular complexity index is 1600. The first-order chi connectivity index (χ1) is 18.7. The highest BCUT2D eigenvalue weighted by Gasteiger charge is 2.57. The van der Waals surface area contributed by atoms with Crippen molar-refractivity contribution in [3.8, 4) is 0 Å². The molecular weight excluding hydrogens is 460 g/mol. The highest BCUT2D eigenvalue weighted by Crippen LogP contribution is 2.62. The lowest BCUT2D eigenvalue weighted by Gasteiger charge is -2.46. The van der Waals surface area contributed by atoms with Gasteiger partial charge < -0.3 is 9.80 Å². The van der Waals surface area contributed by atoms with E-state index in [1.165, 1.54) is 50.5 Å². The maximum Gasteiger partial charge on any atom is 0.134 e. The Morgan fingerprint density at radius 2 is 1.08 bits per heavy atom. The van der Waals surface area contributed by atoms with Gasteiger partial charge in [0.15, 0.2) is 0 Å². The summed E-state index contributed by atoms with van der Waals surface area (Å²) in [5.41, 5.74) is 11.0. The SMILES string of the molecule is CC1=C2c3ccccc3C(c3ccccc3)(c3ccccc3)N2C(c2ccccc2)N1c1ccccc1C. The van der Waals surface area contributed by atoms with Gasteiger partial charge in [-0.3, -0.25) is 0 Å². The molecule has 5 aromatic rings. The molecule has 184 valence electrons. The van der Waals surface area contributed by atoms with Crippen molar-refractivity contribution in [2.24, 2.45) is 0 Å². The van der Waals surface area contributed by atoms with E-state index in [-0.39, 0.29) is 6.17 Å². The molecule has 2 nitrogen and oxygen atoms in total. The summed E-state index contributed by atoms with van der Waals surface area (Å²) in [5.74, 6) is 0. The molecule has 0 spiro atoms. The molecule has 5 aromatic carbocycles. The molecule has 0 aliphatic carbocycles. The second-order valence-corrected chi connectivity index (χ2v) is 10.2. The van der Waals surface area contributed by atoms with Crippen molar-refractivity contribution in [1.29, 1.82) is 0 Å². The largest absolute Gasteiger partial charge is 0.327 e. The number of hydrogen-bond donors (Lipinski definition) is 0. The Morgan fingerprint density at radius 3 is 1.71 bits per heavy atom. The minimum atomic E-state index is -0.492. The summed E-state index contributed by atoms with van der Waals surface area (Å²) < 4.78 is 0. The first-order valence-electron chi connectivity index (χ1n) is 13.3. The number of nitrogens with zero attached hydrogens (tertiary/aromatic N) is 2. The summed E-state index contributed by atoms with van der Waals surface area (Å²) in [5, 5.41) is 0. The van der Waals surface area contributed by atoms with Crippen molar-refractivity contribution in [1.82, 2.24) is 4.90 Å². The van der Waals surface area contributed by atoms with Crippen molar-refractivity contribution in [3.05, 3.63) is 179 Å². The third-order valence-electron chi connectivity index (χ3n) is 8.22. The van der Waals surface area contributed by atoms with Crippen LogP contribution in [0.4, 0.5) is 5.69 Å². The molecule has 0 N–H and O–H groups in total. The number of anilines is 1. The van der Waals surface area contributed by atoms with Crippen molar-refractivity contribution >= 4 is 11.4 Å². The molecule has 0 radical (unpaired) electrons. The lowest BCUT2D eigenvalue weighted by Crippen LogP contribution is -2.46. The van der Waals surface area contributed by atoms with Crippen LogP contribution in [-0.4, -0.2) is 4.90 Å². The molecular formula is C36H30N2. The summed E-state index contributed by atoms with van der Waals surface area (Å²) in [4.78, 5) is 5.25. The number of rotatable bonds is 4. The smallest absolute Gasteiger partial charge is 0.134 e. The van der Waals surface area contributed by atoms with Crippen LogP contribution < -0.4 is 4.90 Å². The molecule has 0 fully saturated rings. The molecule has 0 bridgehead atoms. The Labute approximate surface area is 225 Å². The van der Waals surface area contributed by atoms with Crippen LogP contribution >= 0.6 is 0 Å². The van der Waals surface area contributed by atoms with Crippen molar-refractivity contribution in [2.45, 2.75) is 25.6 Å². The molecule has 2 heteroatoms. The van der Waals surface area contributed by atoms with Gasteiger partial charge >= 0.3 is 0 Å². The zero-order valence-corrected chi connectivity index (χ0v) is 21.8. The maximum atomic E-state index is 2.69. The van der Waals surface area contributed by atoms with Crippen molar-refractivity contribution in [3.63, 3.8) is 0 Å². The van der Waals surface area contributed by atoms with E-state index in [0.29, 0.717) is 0 Å². The molecule has 2 heterocycles. The standard InChI is InChI=1S/C36H30N2/c1-26-16-12-15-25-33(26)37-27(2)34-31-23-13-14-24-32(31)36(29-19-8-4-9-20-29,30-21-10-5-11-22-30)38(34)35(37)28-17-6-3-7-18-28/h3-25,35H,1-2H3. The van der Waals surface area contributed by atoms with Gasteiger partial charge in [0.05, 0.1) is 5.70 Å². The Balaban J connectivity index is 1.63. The number of benzene rings is 5. The molecule has 2 aliphatic heterocycles. The van der Waals surface area contributed by atoms with E-state index in [1.54, 1.807) is 0 Å². The normalized spacial score (nSPS) is 17.5. The van der Waals surface area contributed by atoms with Crippen LogP contribution in [0.15, 0.2) is 145 Å². The quantitative estimate of drug-likeness (QED) is 0.249. The number of para-hydroxylation sites is 1. The highest BCUT2D eigenvalue weighted by atomic mass is 15.5. The molecule has 0 saturated heterocycles. The minimum Gasteiger partial charge on any atom is -0.327 e. The van der Waals surface area contributed by atoms with Crippen molar-refractivity contribution < 1.29 is 0 Å². The molecule has 0 saturated carbocycles. The highest BCUT2D eigenvalue weighted by molar-refractivity contribution is 5.86. The van der Waals surface area contributed by atoms with Gasteiger partial charge in [-0.1, -0.05) is 133 Å². The third kappa shape index (κ3) is 3.07. The van der Waals surface area contributed by atoms with E-state index in [4.69, 9.17) is 0 Å². The summed E-state index contributed by atoms with van der Waals surface area (Å²) in [7, 11) is 0. The summed E-state index contributed by atoms with van der Waals surface area (Å²) in [6.07, 6.45) is -0.0277. The average Bonchev–Trinajstić information content (AvgIpc) is 3.45. The molecule has 1 atom stereocenters. The summed E-state index contributed by atoms with van der Waals surface area (Å²) >= 11 is 0. The molecule has 38 heavy (non-hydrogen) atoms. The minimum absolute atomic E-state index is 0.0277. The second kappa shape index (κ2) is 8.78. The number of allylic oxidation sites excluding steroid dienone is 1. The van der Waals surface area contributed by atoms with Crippen LogP contribution in [0.2, 0.25) is 0 Å². The third-order valence-corrected chi connectivity index (χ3v) is 8.22.